The molecule has 1 heterocycles. The van der Waals surface area contributed by atoms with Gasteiger partial charge in [0.25, 0.3) is 5.91 Å². The molecule has 0 saturated carbocycles. The zero-order valence-electron chi connectivity index (χ0n) is 10.7. The minimum Gasteiger partial charge on any atom is -0.481 e. The fourth-order valence-corrected chi connectivity index (χ4v) is 3.50. The highest BCUT2D eigenvalue weighted by Gasteiger charge is 2.29. The lowest BCUT2D eigenvalue weighted by Crippen LogP contribution is -2.47. The molecule has 0 aliphatic carbocycles. The smallest absolute Gasteiger partial charge is 0.305 e. The van der Waals surface area contributed by atoms with E-state index in [1.165, 1.54) is 0 Å². The number of hydrogen-bond acceptors (Lipinski definition) is 4. The van der Waals surface area contributed by atoms with Crippen LogP contribution in [0.2, 0.25) is 5.02 Å². The average molecular weight is 315 g/mol. The molecule has 0 spiro atoms. The Hall–Kier alpha value is -1.40. The fraction of sp³-hybridized carbons (Fsp3) is 0.385. The highest BCUT2D eigenvalue weighted by Crippen LogP contribution is 2.23. The third kappa shape index (κ3) is 3.58. The molecule has 20 heavy (non-hydrogen) atoms. The molecular formula is C13H15ClN2O3S. The number of aliphatic carboxylic acids is 1. The first-order valence-electron chi connectivity index (χ1n) is 6.14. The number of hydrogen-bond donors (Lipinski definition) is 2. The molecule has 7 heteroatoms. The Morgan fingerprint density at radius 3 is 2.85 bits per heavy atom. The summed E-state index contributed by atoms with van der Waals surface area (Å²) in [6.45, 7) is 0.536. The van der Waals surface area contributed by atoms with Crippen molar-refractivity contribution < 1.29 is 14.7 Å². The summed E-state index contributed by atoms with van der Waals surface area (Å²) in [5, 5.41) is 9.33. The van der Waals surface area contributed by atoms with Crippen LogP contribution >= 0.6 is 23.4 Å². The van der Waals surface area contributed by atoms with Gasteiger partial charge in [-0.2, -0.15) is 11.8 Å². The zero-order chi connectivity index (χ0) is 14.7. The molecule has 1 aliphatic heterocycles. The lowest BCUT2D eigenvalue weighted by Gasteiger charge is -2.34. The van der Waals surface area contributed by atoms with Gasteiger partial charge in [-0.3, -0.25) is 9.59 Å². The van der Waals surface area contributed by atoms with Crippen LogP contribution in [-0.4, -0.2) is 46.0 Å². The molecule has 1 aromatic carbocycles. The summed E-state index contributed by atoms with van der Waals surface area (Å²) in [6, 6.07) is 4.39. The number of thioether (sulfide) groups is 1. The molecule has 1 amide bonds. The van der Waals surface area contributed by atoms with Gasteiger partial charge >= 0.3 is 5.97 Å². The molecule has 1 aromatic rings. The molecule has 1 saturated heterocycles. The molecule has 5 nitrogen and oxygen atoms in total. The van der Waals surface area contributed by atoms with E-state index in [0.29, 0.717) is 28.6 Å². The van der Waals surface area contributed by atoms with E-state index in [9.17, 15) is 9.59 Å². The van der Waals surface area contributed by atoms with Gasteiger partial charge < -0.3 is 15.7 Å². The number of benzene rings is 1. The second-order valence-corrected chi connectivity index (χ2v) is 6.18. The number of rotatable bonds is 3. The second kappa shape index (κ2) is 6.37. The van der Waals surface area contributed by atoms with E-state index in [-0.39, 0.29) is 18.4 Å². The zero-order valence-corrected chi connectivity index (χ0v) is 12.3. The third-order valence-corrected chi connectivity index (χ3v) is 4.38. The topological polar surface area (TPSA) is 83.6 Å². The van der Waals surface area contributed by atoms with Crippen LogP contribution in [0.3, 0.4) is 0 Å². The summed E-state index contributed by atoms with van der Waals surface area (Å²) < 4.78 is 0. The van der Waals surface area contributed by atoms with Crippen LogP contribution < -0.4 is 5.73 Å². The van der Waals surface area contributed by atoms with E-state index < -0.39 is 5.97 Å². The van der Waals surface area contributed by atoms with Crippen molar-refractivity contribution in [3.63, 3.8) is 0 Å². The maximum absolute atomic E-state index is 12.5. The van der Waals surface area contributed by atoms with Crippen molar-refractivity contribution in [2.45, 2.75) is 12.5 Å². The molecule has 3 N–H and O–H groups in total. The van der Waals surface area contributed by atoms with Gasteiger partial charge in [-0.05, 0) is 18.2 Å². The summed E-state index contributed by atoms with van der Waals surface area (Å²) >= 11 is 7.56. The lowest BCUT2D eigenvalue weighted by molar-refractivity contribution is -0.138. The predicted octanol–water partition coefficient (Wildman–Crippen LogP) is 1.95. The number of carboxylic acid groups (broad SMARTS) is 1. The van der Waals surface area contributed by atoms with Gasteiger partial charge in [-0.1, -0.05) is 11.6 Å². The summed E-state index contributed by atoms with van der Waals surface area (Å²) in [6.07, 6.45) is -0.0468. The molecule has 2 rings (SSSR count). The molecule has 1 atom stereocenters. The number of amides is 1. The van der Waals surface area contributed by atoms with Crippen molar-refractivity contribution in [1.82, 2.24) is 4.90 Å². The van der Waals surface area contributed by atoms with Gasteiger partial charge in [-0.25, -0.2) is 0 Å². The Balaban J connectivity index is 2.22. The van der Waals surface area contributed by atoms with Crippen molar-refractivity contribution in [2.75, 3.05) is 23.8 Å². The number of carbonyl (C=O) groups is 2. The summed E-state index contributed by atoms with van der Waals surface area (Å²) in [5.74, 6) is 0.318. The Morgan fingerprint density at radius 2 is 2.20 bits per heavy atom. The van der Waals surface area contributed by atoms with Crippen LogP contribution in [0.5, 0.6) is 0 Å². The highest BCUT2D eigenvalue weighted by atomic mass is 35.5. The molecular weight excluding hydrogens is 300 g/mol. The van der Waals surface area contributed by atoms with Gasteiger partial charge in [-0.15, -0.1) is 0 Å². The standard InChI is InChI=1S/C13H15ClN2O3S/c14-9-3-8(4-10(15)5-9)13(19)16-1-2-20-7-11(16)6-12(17)18/h3-5,11H,1-2,6-7,15H2,(H,17,18). The van der Waals surface area contributed by atoms with E-state index in [0.717, 1.165) is 5.75 Å². The van der Waals surface area contributed by atoms with E-state index in [2.05, 4.69) is 0 Å². The molecule has 1 fully saturated rings. The largest absolute Gasteiger partial charge is 0.481 e. The SMILES string of the molecule is Nc1cc(Cl)cc(C(=O)N2CCSCC2CC(=O)O)c1. The number of carboxylic acids is 1. The first-order valence-corrected chi connectivity index (χ1v) is 7.67. The van der Waals surface area contributed by atoms with E-state index in [1.807, 2.05) is 0 Å². The molecule has 1 aliphatic rings. The number of nitrogens with zero attached hydrogens (tertiary/aromatic N) is 1. The van der Waals surface area contributed by atoms with Crippen LogP contribution in [0.1, 0.15) is 16.8 Å². The van der Waals surface area contributed by atoms with Gasteiger partial charge in [0.15, 0.2) is 0 Å². The van der Waals surface area contributed by atoms with E-state index >= 15 is 0 Å². The van der Waals surface area contributed by atoms with Crippen molar-refractivity contribution in [1.29, 1.82) is 0 Å². The van der Waals surface area contributed by atoms with Crippen LogP contribution in [0.15, 0.2) is 18.2 Å². The minimum atomic E-state index is -0.902. The molecule has 108 valence electrons. The van der Waals surface area contributed by atoms with Crippen LogP contribution in [-0.2, 0) is 4.79 Å². The molecule has 0 aromatic heterocycles. The van der Waals surface area contributed by atoms with Gasteiger partial charge in [0.1, 0.15) is 0 Å². The van der Waals surface area contributed by atoms with Crippen LogP contribution in [0, 0.1) is 0 Å². The number of nitrogens with two attached hydrogens (primary N) is 1. The summed E-state index contributed by atoms with van der Waals surface area (Å²) in [7, 11) is 0. The van der Waals surface area contributed by atoms with Crippen LogP contribution in [0.4, 0.5) is 5.69 Å². The van der Waals surface area contributed by atoms with Crippen molar-refractivity contribution in [2.24, 2.45) is 0 Å². The second-order valence-electron chi connectivity index (χ2n) is 4.60. The fourth-order valence-electron chi connectivity index (χ4n) is 2.19. The predicted molar refractivity (Wildman–Crippen MR) is 80.3 cm³/mol. The lowest BCUT2D eigenvalue weighted by atomic mass is 10.1. The summed E-state index contributed by atoms with van der Waals surface area (Å²) in [5.41, 5.74) is 6.51. The highest BCUT2D eigenvalue weighted by molar-refractivity contribution is 7.99. The Bertz CT molecular complexity index is 518. The maximum atomic E-state index is 12.5. The monoisotopic (exact) mass is 314 g/mol. The van der Waals surface area contributed by atoms with Gasteiger partial charge in [0.2, 0.25) is 0 Å². The minimum absolute atomic E-state index is 0.0468. The Labute approximate surface area is 126 Å². The molecule has 1 unspecified atom stereocenters. The van der Waals surface area contributed by atoms with Crippen molar-refractivity contribution >= 4 is 40.9 Å². The first kappa shape index (κ1) is 15.0. The molecule has 0 radical (unpaired) electrons. The Kier molecular flexibility index (Phi) is 4.77. The average Bonchev–Trinajstić information content (AvgIpc) is 2.36. The Morgan fingerprint density at radius 1 is 1.45 bits per heavy atom. The summed E-state index contributed by atoms with van der Waals surface area (Å²) in [4.78, 5) is 25.0. The molecule has 0 bridgehead atoms. The number of nitrogen functional groups attached to an aromatic ring is 1. The van der Waals surface area contributed by atoms with Crippen LogP contribution in [0.25, 0.3) is 0 Å². The van der Waals surface area contributed by atoms with Gasteiger partial charge in [0, 0.05) is 34.3 Å². The maximum Gasteiger partial charge on any atom is 0.305 e. The van der Waals surface area contributed by atoms with Gasteiger partial charge in [0.05, 0.1) is 12.5 Å². The quantitative estimate of drug-likeness (QED) is 0.833. The van der Waals surface area contributed by atoms with Crippen molar-refractivity contribution in [3.05, 3.63) is 28.8 Å². The third-order valence-electron chi connectivity index (χ3n) is 3.07. The van der Waals surface area contributed by atoms with E-state index in [4.69, 9.17) is 22.4 Å². The number of carbonyl (C=O) groups excluding carboxylic acids is 1. The number of halogens is 1. The van der Waals surface area contributed by atoms with E-state index in [1.54, 1.807) is 34.9 Å². The number of anilines is 1. The van der Waals surface area contributed by atoms with Crippen molar-refractivity contribution in [3.8, 4) is 0 Å². The normalized spacial score (nSPS) is 18.9. The first-order chi connectivity index (χ1) is 9.47.